The van der Waals surface area contributed by atoms with Crippen molar-refractivity contribution < 1.29 is 4.42 Å². The fraction of sp³-hybridized carbons (Fsp3) is 0.692. The molecule has 0 atom stereocenters. The fourth-order valence-corrected chi connectivity index (χ4v) is 1.94. The normalized spacial score (nSPS) is 15.9. The molecule has 16 heavy (non-hydrogen) atoms. The Morgan fingerprint density at radius 2 is 2.31 bits per heavy atom. The summed E-state index contributed by atoms with van der Waals surface area (Å²) in [5.74, 6) is 1.11. The second kappa shape index (κ2) is 5.51. The van der Waals surface area contributed by atoms with Crippen LogP contribution in [0, 0.1) is 0 Å². The lowest BCUT2D eigenvalue weighted by atomic mass is 10.2. The van der Waals surface area contributed by atoms with Crippen molar-refractivity contribution in [2.75, 3.05) is 13.6 Å². The maximum atomic E-state index is 5.53. The summed E-state index contributed by atoms with van der Waals surface area (Å²) in [7, 11) is 2.16. The molecular weight excluding hydrogens is 200 g/mol. The molecule has 0 aliphatic heterocycles. The summed E-state index contributed by atoms with van der Waals surface area (Å²) in [5, 5.41) is 3.49. The molecule has 3 heteroatoms. The van der Waals surface area contributed by atoms with Gasteiger partial charge < -0.3 is 14.6 Å². The van der Waals surface area contributed by atoms with Gasteiger partial charge in [-0.1, -0.05) is 6.92 Å². The number of hydrogen-bond donors (Lipinski definition) is 1. The molecule has 1 heterocycles. The minimum absolute atomic E-state index is 0.742. The quantitative estimate of drug-likeness (QED) is 0.767. The van der Waals surface area contributed by atoms with E-state index in [0.717, 1.165) is 31.4 Å². The summed E-state index contributed by atoms with van der Waals surface area (Å²) in [5.41, 5.74) is 1.32. The van der Waals surface area contributed by atoms with Crippen LogP contribution < -0.4 is 5.32 Å². The molecule has 0 amide bonds. The number of furan rings is 1. The number of hydrogen-bond acceptors (Lipinski definition) is 3. The molecule has 0 saturated heterocycles. The molecule has 0 aromatic carbocycles. The molecule has 1 aliphatic carbocycles. The van der Waals surface area contributed by atoms with E-state index in [-0.39, 0.29) is 0 Å². The van der Waals surface area contributed by atoms with Crippen LogP contribution in [0.25, 0.3) is 0 Å². The molecule has 1 aromatic heterocycles. The SMILES string of the molecule is CCCN(C)Cc1ccoc1CNC1CC1. The summed E-state index contributed by atoms with van der Waals surface area (Å²) in [6.07, 6.45) is 5.65. The highest BCUT2D eigenvalue weighted by molar-refractivity contribution is 5.17. The molecule has 1 aromatic rings. The van der Waals surface area contributed by atoms with E-state index in [1.54, 1.807) is 6.26 Å². The highest BCUT2D eigenvalue weighted by Crippen LogP contribution is 2.20. The van der Waals surface area contributed by atoms with E-state index >= 15 is 0 Å². The van der Waals surface area contributed by atoms with Crippen LogP contribution in [0.15, 0.2) is 16.7 Å². The van der Waals surface area contributed by atoms with Crippen molar-refractivity contribution in [2.24, 2.45) is 0 Å². The lowest BCUT2D eigenvalue weighted by Gasteiger charge is -2.15. The van der Waals surface area contributed by atoms with Crippen molar-refractivity contribution in [1.29, 1.82) is 0 Å². The van der Waals surface area contributed by atoms with Crippen LogP contribution in [0.4, 0.5) is 0 Å². The molecule has 90 valence electrons. The predicted molar refractivity (Wildman–Crippen MR) is 65.2 cm³/mol. The summed E-state index contributed by atoms with van der Waals surface area (Å²) < 4.78 is 5.53. The number of nitrogens with one attached hydrogen (secondary N) is 1. The van der Waals surface area contributed by atoms with E-state index in [9.17, 15) is 0 Å². The van der Waals surface area contributed by atoms with Gasteiger partial charge in [-0.25, -0.2) is 0 Å². The van der Waals surface area contributed by atoms with E-state index in [1.165, 1.54) is 24.8 Å². The van der Waals surface area contributed by atoms with E-state index in [0.29, 0.717) is 0 Å². The zero-order valence-electron chi connectivity index (χ0n) is 10.3. The largest absolute Gasteiger partial charge is 0.468 e. The van der Waals surface area contributed by atoms with Crippen molar-refractivity contribution in [3.8, 4) is 0 Å². The average molecular weight is 222 g/mol. The van der Waals surface area contributed by atoms with Gasteiger partial charge in [0.15, 0.2) is 0 Å². The van der Waals surface area contributed by atoms with E-state index < -0.39 is 0 Å². The number of rotatable bonds is 7. The highest BCUT2D eigenvalue weighted by Gasteiger charge is 2.21. The predicted octanol–water partition coefficient (Wildman–Crippen LogP) is 2.37. The van der Waals surface area contributed by atoms with E-state index in [1.807, 2.05) is 0 Å². The van der Waals surface area contributed by atoms with Gasteiger partial charge in [0.1, 0.15) is 5.76 Å². The van der Waals surface area contributed by atoms with Crippen LogP contribution >= 0.6 is 0 Å². The van der Waals surface area contributed by atoms with E-state index in [2.05, 4.69) is 30.3 Å². The third-order valence-electron chi connectivity index (χ3n) is 3.01. The fourth-order valence-electron chi connectivity index (χ4n) is 1.94. The van der Waals surface area contributed by atoms with Crippen LogP contribution in [0.5, 0.6) is 0 Å². The third-order valence-corrected chi connectivity index (χ3v) is 3.01. The summed E-state index contributed by atoms with van der Waals surface area (Å²) in [6, 6.07) is 2.84. The zero-order valence-corrected chi connectivity index (χ0v) is 10.3. The molecule has 2 rings (SSSR count). The molecule has 1 aliphatic rings. The Bertz CT molecular complexity index is 317. The molecular formula is C13H22N2O. The lowest BCUT2D eigenvalue weighted by Crippen LogP contribution is -2.20. The summed E-state index contributed by atoms with van der Waals surface area (Å²) >= 11 is 0. The van der Waals surface area contributed by atoms with Crippen molar-refractivity contribution >= 4 is 0 Å². The van der Waals surface area contributed by atoms with Crippen molar-refractivity contribution in [1.82, 2.24) is 10.2 Å². The molecule has 1 fully saturated rings. The number of nitrogens with zero attached hydrogens (tertiary/aromatic N) is 1. The van der Waals surface area contributed by atoms with Gasteiger partial charge in [-0.3, -0.25) is 0 Å². The van der Waals surface area contributed by atoms with Crippen molar-refractivity contribution in [2.45, 2.75) is 45.3 Å². The third kappa shape index (κ3) is 3.35. The average Bonchev–Trinajstić information content (AvgIpc) is 2.98. The van der Waals surface area contributed by atoms with Crippen LogP contribution in [0.3, 0.4) is 0 Å². The van der Waals surface area contributed by atoms with Crippen LogP contribution in [-0.4, -0.2) is 24.5 Å². The lowest BCUT2D eigenvalue weighted by molar-refractivity contribution is 0.323. The second-order valence-corrected chi connectivity index (χ2v) is 4.76. The summed E-state index contributed by atoms with van der Waals surface area (Å²) in [6.45, 7) is 5.22. The van der Waals surface area contributed by atoms with Gasteiger partial charge in [0.2, 0.25) is 0 Å². The molecule has 1 N–H and O–H groups in total. The minimum Gasteiger partial charge on any atom is -0.468 e. The molecule has 0 unspecified atom stereocenters. The first-order valence-corrected chi connectivity index (χ1v) is 6.26. The van der Waals surface area contributed by atoms with Gasteiger partial charge in [-0.2, -0.15) is 0 Å². The Morgan fingerprint density at radius 3 is 3.00 bits per heavy atom. The van der Waals surface area contributed by atoms with Crippen molar-refractivity contribution in [3.63, 3.8) is 0 Å². The minimum atomic E-state index is 0.742. The Kier molecular flexibility index (Phi) is 4.02. The molecule has 0 spiro atoms. The van der Waals surface area contributed by atoms with Crippen LogP contribution in [0.1, 0.15) is 37.5 Å². The highest BCUT2D eigenvalue weighted by atomic mass is 16.3. The first kappa shape index (κ1) is 11.7. The Morgan fingerprint density at radius 1 is 1.50 bits per heavy atom. The Balaban J connectivity index is 1.84. The maximum absolute atomic E-state index is 5.53. The maximum Gasteiger partial charge on any atom is 0.122 e. The Hall–Kier alpha value is -0.800. The zero-order chi connectivity index (χ0) is 11.4. The topological polar surface area (TPSA) is 28.4 Å². The molecule has 3 nitrogen and oxygen atoms in total. The van der Waals surface area contributed by atoms with Gasteiger partial charge in [0, 0.05) is 18.2 Å². The standard InChI is InChI=1S/C13H22N2O/c1-3-7-15(2)10-11-6-8-16-13(11)9-14-12-4-5-12/h6,8,12,14H,3-5,7,9-10H2,1-2H3. The van der Waals surface area contributed by atoms with Gasteiger partial charge in [0.25, 0.3) is 0 Å². The van der Waals surface area contributed by atoms with Gasteiger partial charge in [-0.15, -0.1) is 0 Å². The smallest absolute Gasteiger partial charge is 0.122 e. The van der Waals surface area contributed by atoms with Crippen LogP contribution in [-0.2, 0) is 13.1 Å². The monoisotopic (exact) mass is 222 g/mol. The molecule has 0 bridgehead atoms. The first-order valence-electron chi connectivity index (χ1n) is 6.26. The van der Waals surface area contributed by atoms with Gasteiger partial charge in [-0.05, 0) is 38.9 Å². The first-order chi connectivity index (χ1) is 7.79. The molecule has 0 radical (unpaired) electrons. The van der Waals surface area contributed by atoms with Gasteiger partial charge >= 0.3 is 0 Å². The Labute approximate surface area is 97.8 Å². The van der Waals surface area contributed by atoms with Gasteiger partial charge in [0.05, 0.1) is 12.8 Å². The second-order valence-electron chi connectivity index (χ2n) is 4.76. The van der Waals surface area contributed by atoms with Crippen LogP contribution in [0.2, 0.25) is 0 Å². The van der Waals surface area contributed by atoms with Crippen molar-refractivity contribution in [3.05, 3.63) is 23.7 Å². The van der Waals surface area contributed by atoms with E-state index in [4.69, 9.17) is 4.42 Å². The molecule has 1 saturated carbocycles. The summed E-state index contributed by atoms with van der Waals surface area (Å²) in [4.78, 5) is 2.34.